The number of hydrogen-bond donors (Lipinski definition) is 1. The van der Waals surface area contributed by atoms with Crippen LogP contribution < -0.4 is 10.1 Å². The van der Waals surface area contributed by atoms with Crippen molar-refractivity contribution in [3.05, 3.63) is 23.8 Å². The van der Waals surface area contributed by atoms with Gasteiger partial charge in [-0.05, 0) is 50.5 Å². The molecule has 0 bridgehead atoms. The zero-order valence-electron chi connectivity index (χ0n) is 14.9. The molecule has 0 aromatic heterocycles. The third-order valence-corrected chi connectivity index (χ3v) is 5.93. The molecule has 0 saturated carbocycles. The van der Waals surface area contributed by atoms with Crippen molar-refractivity contribution in [3.63, 3.8) is 0 Å². The van der Waals surface area contributed by atoms with Gasteiger partial charge in [-0.2, -0.15) is 4.31 Å². The molecular weight excluding hydrogens is 344 g/mol. The summed E-state index contributed by atoms with van der Waals surface area (Å²) in [6, 6.07) is 4.62. The van der Waals surface area contributed by atoms with Crippen LogP contribution in [-0.2, 0) is 19.6 Å². The van der Waals surface area contributed by atoms with Crippen LogP contribution in [0.1, 0.15) is 25.3 Å². The number of aryl methyl sites for hydroxylation is 1. The van der Waals surface area contributed by atoms with Crippen LogP contribution >= 0.6 is 0 Å². The number of carbonyl (C=O) groups excluding carboxylic acids is 1. The maximum atomic E-state index is 12.6. The van der Waals surface area contributed by atoms with Gasteiger partial charge in [0.2, 0.25) is 10.0 Å². The third kappa shape index (κ3) is 5.17. The fourth-order valence-electron chi connectivity index (χ4n) is 2.77. The van der Waals surface area contributed by atoms with Crippen molar-refractivity contribution in [1.29, 1.82) is 0 Å². The maximum Gasteiger partial charge on any atom is 0.258 e. The molecule has 1 aliphatic rings. The average molecular weight is 370 g/mol. The molecule has 1 aromatic rings. The van der Waals surface area contributed by atoms with Crippen LogP contribution in [0.5, 0.6) is 5.75 Å². The highest BCUT2D eigenvalue weighted by molar-refractivity contribution is 7.89. The molecule has 7 nitrogen and oxygen atoms in total. The van der Waals surface area contributed by atoms with Crippen LogP contribution in [0.4, 0.5) is 0 Å². The number of methoxy groups -OCH3 is 1. The molecule has 140 valence electrons. The summed E-state index contributed by atoms with van der Waals surface area (Å²) in [7, 11) is -1.88. The van der Waals surface area contributed by atoms with Gasteiger partial charge < -0.3 is 14.8 Å². The fraction of sp³-hybridized carbons (Fsp3) is 0.588. The summed E-state index contributed by atoms with van der Waals surface area (Å²) in [4.78, 5) is 12.1. The van der Waals surface area contributed by atoms with E-state index in [0.29, 0.717) is 31.0 Å². The Labute approximate surface area is 149 Å². The monoisotopic (exact) mass is 370 g/mol. The summed E-state index contributed by atoms with van der Waals surface area (Å²) in [6.07, 6.45) is 1.80. The first-order chi connectivity index (χ1) is 11.8. The van der Waals surface area contributed by atoms with E-state index >= 15 is 0 Å². The number of ether oxygens (including phenoxy) is 2. The van der Waals surface area contributed by atoms with E-state index in [-0.39, 0.29) is 23.5 Å². The van der Waals surface area contributed by atoms with E-state index in [1.165, 1.54) is 10.4 Å². The standard InChI is InChI=1S/C17H26N2O5S/c1-13-10-15(25(21,22)19-8-4-5-9-19)6-7-16(13)24-12-17(20)18-14(2)11-23-3/h6-7,10,14H,4-5,8-9,11-12H2,1-3H3,(H,18,20)/t14-/m0/s1. The number of sulfonamides is 1. The number of amides is 1. The first kappa shape index (κ1) is 19.7. The number of hydrogen-bond acceptors (Lipinski definition) is 5. The van der Waals surface area contributed by atoms with E-state index in [1.807, 2.05) is 6.92 Å². The SMILES string of the molecule is COC[C@H](C)NC(=O)COc1ccc(S(=O)(=O)N2CCCC2)cc1C. The lowest BCUT2D eigenvalue weighted by molar-refractivity contribution is -0.124. The van der Waals surface area contributed by atoms with Crippen LogP contribution in [0.2, 0.25) is 0 Å². The molecule has 1 atom stereocenters. The molecule has 2 rings (SSSR count). The number of rotatable bonds is 8. The van der Waals surface area contributed by atoms with Crippen molar-refractivity contribution in [2.75, 3.05) is 33.4 Å². The molecule has 0 radical (unpaired) electrons. The Morgan fingerprint density at radius 1 is 1.32 bits per heavy atom. The lowest BCUT2D eigenvalue weighted by Crippen LogP contribution is -2.38. The zero-order chi connectivity index (χ0) is 18.4. The maximum absolute atomic E-state index is 12.6. The lowest BCUT2D eigenvalue weighted by Gasteiger charge is -2.17. The van der Waals surface area contributed by atoms with Gasteiger partial charge >= 0.3 is 0 Å². The van der Waals surface area contributed by atoms with Crippen LogP contribution in [0.25, 0.3) is 0 Å². The summed E-state index contributed by atoms with van der Waals surface area (Å²) < 4.78 is 37.1. The molecule has 1 heterocycles. The summed E-state index contributed by atoms with van der Waals surface area (Å²) in [5, 5.41) is 2.75. The van der Waals surface area contributed by atoms with E-state index in [9.17, 15) is 13.2 Å². The quantitative estimate of drug-likeness (QED) is 0.746. The van der Waals surface area contributed by atoms with Crippen molar-refractivity contribution in [3.8, 4) is 5.75 Å². The Kier molecular flexibility index (Phi) is 6.80. The summed E-state index contributed by atoms with van der Waals surface area (Å²) >= 11 is 0. The highest BCUT2D eigenvalue weighted by atomic mass is 32.2. The Hall–Kier alpha value is -1.64. The van der Waals surface area contributed by atoms with Crippen molar-refractivity contribution >= 4 is 15.9 Å². The topological polar surface area (TPSA) is 84.9 Å². The zero-order valence-corrected chi connectivity index (χ0v) is 15.8. The number of benzene rings is 1. The summed E-state index contributed by atoms with van der Waals surface area (Å²) in [5.41, 5.74) is 0.679. The van der Waals surface area contributed by atoms with Gasteiger partial charge in [0.25, 0.3) is 5.91 Å². The minimum atomic E-state index is -3.45. The lowest BCUT2D eigenvalue weighted by atomic mass is 10.2. The van der Waals surface area contributed by atoms with E-state index in [4.69, 9.17) is 9.47 Å². The van der Waals surface area contributed by atoms with E-state index < -0.39 is 10.0 Å². The second-order valence-corrected chi connectivity index (χ2v) is 8.19. The third-order valence-electron chi connectivity index (χ3n) is 4.03. The van der Waals surface area contributed by atoms with Crippen molar-refractivity contribution in [2.24, 2.45) is 0 Å². The minimum absolute atomic E-state index is 0.102. The van der Waals surface area contributed by atoms with Gasteiger partial charge in [0.1, 0.15) is 5.75 Å². The molecule has 8 heteroatoms. The molecule has 0 aliphatic carbocycles. The van der Waals surface area contributed by atoms with Crippen LogP contribution in [0.15, 0.2) is 23.1 Å². The number of nitrogens with one attached hydrogen (secondary N) is 1. The smallest absolute Gasteiger partial charge is 0.258 e. The molecule has 1 aromatic carbocycles. The Bertz CT molecular complexity index is 699. The number of carbonyl (C=O) groups is 1. The van der Waals surface area contributed by atoms with Crippen molar-refractivity contribution in [2.45, 2.75) is 37.6 Å². The molecule has 1 amide bonds. The van der Waals surface area contributed by atoms with Gasteiger partial charge in [-0.1, -0.05) is 0 Å². The second kappa shape index (κ2) is 8.64. The number of nitrogens with zero attached hydrogens (tertiary/aromatic N) is 1. The van der Waals surface area contributed by atoms with Gasteiger partial charge in [0, 0.05) is 26.2 Å². The van der Waals surface area contributed by atoms with E-state index in [2.05, 4.69) is 5.32 Å². The van der Waals surface area contributed by atoms with Crippen LogP contribution in [0.3, 0.4) is 0 Å². The normalized spacial score (nSPS) is 16.6. The minimum Gasteiger partial charge on any atom is -0.484 e. The highest BCUT2D eigenvalue weighted by Crippen LogP contribution is 2.26. The summed E-state index contributed by atoms with van der Waals surface area (Å²) in [5.74, 6) is 0.243. The van der Waals surface area contributed by atoms with Gasteiger partial charge in [0.05, 0.1) is 11.5 Å². The molecule has 1 fully saturated rings. The van der Waals surface area contributed by atoms with Crippen LogP contribution in [-0.4, -0.2) is 58.1 Å². The largest absolute Gasteiger partial charge is 0.484 e. The predicted molar refractivity (Wildman–Crippen MR) is 94.1 cm³/mol. The Morgan fingerprint density at radius 2 is 2.00 bits per heavy atom. The Morgan fingerprint density at radius 3 is 2.60 bits per heavy atom. The molecule has 0 spiro atoms. The van der Waals surface area contributed by atoms with Gasteiger partial charge in [-0.15, -0.1) is 0 Å². The Balaban J connectivity index is 1.99. The highest BCUT2D eigenvalue weighted by Gasteiger charge is 2.27. The molecule has 0 unspecified atom stereocenters. The van der Waals surface area contributed by atoms with Crippen molar-refractivity contribution < 1.29 is 22.7 Å². The fourth-order valence-corrected chi connectivity index (χ4v) is 4.38. The molecule has 1 saturated heterocycles. The van der Waals surface area contributed by atoms with Gasteiger partial charge in [-0.25, -0.2) is 8.42 Å². The summed E-state index contributed by atoms with van der Waals surface area (Å²) in [6.45, 7) is 5.04. The average Bonchev–Trinajstić information content (AvgIpc) is 3.09. The van der Waals surface area contributed by atoms with Crippen molar-refractivity contribution in [1.82, 2.24) is 9.62 Å². The second-order valence-electron chi connectivity index (χ2n) is 6.25. The molecule has 1 aliphatic heterocycles. The predicted octanol–water partition coefficient (Wildman–Crippen LogP) is 1.31. The van der Waals surface area contributed by atoms with Gasteiger partial charge in [-0.3, -0.25) is 4.79 Å². The van der Waals surface area contributed by atoms with Gasteiger partial charge in [0.15, 0.2) is 6.61 Å². The van der Waals surface area contributed by atoms with E-state index in [0.717, 1.165) is 12.8 Å². The molecule has 1 N–H and O–H groups in total. The van der Waals surface area contributed by atoms with E-state index in [1.54, 1.807) is 26.2 Å². The molecular formula is C17H26N2O5S. The first-order valence-corrected chi connectivity index (χ1v) is 9.80. The van der Waals surface area contributed by atoms with Crippen LogP contribution in [0, 0.1) is 6.92 Å². The molecule has 25 heavy (non-hydrogen) atoms. The first-order valence-electron chi connectivity index (χ1n) is 8.36.